The van der Waals surface area contributed by atoms with Gasteiger partial charge in [-0.25, -0.2) is 9.59 Å². The van der Waals surface area contributed by atoms with Crippen molar-refractivity contribution >= 4 is 11.9 Å². The van der Waals surface area contributed by atoms with Crippen molar-refractivity contribution in [1.29, 1.82) is 0 Å². The Morgan fingerprint density at radius 3 is 2.31 bits per heavy atom. The van der Waals surface area contributed by atoms with Gasteiger partial charge in [0.1, 0.15) is 11.5 Å². The fraction of sp³-hybridized carbons (Fsp3) is 0.143. The topological polar surface area (TPSA) is 61.8 Å². The zero-order valence-corrected chi connectivity index (χ0v) is 14.8. The van der Waals surface area contributed by atoms with Crippen LogP contribution in [-0.4, -0.2) is 18.7 Å². The summed E-state index contributed by atoms with van der Waals surface area (Å²) in [5, 5.41) is 0. The van der Waals surface area contributed by atoms with E-state index in [1.54, 1.807) is 25.1 Å². The normalized spacial score (nSPS) is 9.92. The predicted octanol–water partition coefficient (Wildman–Crippen LogP) is 4.21. The van der Waals surface area contributed by atoms with Crippen LogP contribution in [0.4, 0.5) is 0 Å². The fourth-order valence-electron chi connectivity index (χ4n) is 2.11. The van der Waals surface area contributed by atoms with E-state index in [4.69, 9.17) is 14.2 Å². The van der Waals surface area contributed by atoms with Crippen LogP contribution in [-0.2, 0) is 14.3 Å². The van der Waals surface area contributed by atoms with Crippen molar-refractivity contribution in [2.75, 3.05) is 6.79 Å². The lowest BCUT2D eigenvalue weighted by Crippen LogP contribution is -2.10. The van der Waals surface area contributed by atoms with Gasteiger partial charge in [0.2, 0.25) is 6.79 Å². The lowest BCUT2D eigenvalue weighted by Gasteiger charge is -2.10. The van der Waals surface area contributed by atoms with Crippen molar-refractivity contribution in [3.63, 3.8) is 0 Å². The van der Waals surface area contributed by atoms with Crippen molar-refractivity contribution in [2.24, 2.45) is 0 Å². The van der Waals surface area contributed by atoms with Gasteiger partial charge >= 0.3 is 11.9 Å². The highest BCUT2D eigenvalue weighted by molar-refractivity contribution is 5.86. The highest BCUT2D eigenvalue weighted by Crippen LogP contribution is 2.27. The van der Waals surface area contributed by atoms with Gasteiger partial charge in [-0.15, -0.1) is 0 Å². The van der Waals surface area contributed by atoms with Crippen LogP contribution >= 0.6 is 0 Å². The van der Waals surface area contributed by atoms with Gasteiger partial charge < -0.3 is 14.2 Å². The Morgan fingerprint density at radius 1 is 1.08 bits per heavy atom. The molecule has 0 aliphatic carbocycles. The highest BCUT2D eigenvalue weighted by atomic mass is 16.7. The average molecular weight is 352 g/mol. The van der Waals surface area contributed by atoms with Crippen molar-refractivity contribution in [3.8, 4) is 22.6 Å². The molecule has 0 bridgehead atoms. The second kappa shape index (κ2) is 8.67. The second-order valence-corrected chi connectivity index (χ2v) is 5.60. The van der Waals surface area contributed by atoms with Crippen molar-refractivity contribution < 1.29 is 23.8 Å². The SMILES string of the molecule is C=CC(=O)Oc1ccc(-c2ccc(OCOC(=O)C(=C)C)cc2)cc1C. The number of carbonyl (C=O) groups excluding carboxylic acids is 2. The van der Waals surface area contributed by atoms with Gasteiger partial charge in [0.15, 0.2) is 0 Å². The molecule has 0 N–H and O–H groups in total. The van der Waals surface area contributed by atoms with E-state index in [1.165, 1.54) is 0 Å². The monoisotopic (exact) mass is 352 g/mol. The van der Waals surface area contributed by atoms with E-state index in [0.717, 1.165) is 22.8 Å². The molecule has 134 valence electrons. The van der Waals surface area contributed by atoms with E-state index >= 15 is 0 Å². The summed E-state index contributed by atoms with van der Waals surface area (Å²) < 4.78 is 15.4. The van der Waals surface area contributed by atoms with Gasteiger partial charge in [-0.1, -0.05) is 31.4 Å². The molecule has 0 atom stereocenters. The maximum atomic E-state index is 11.3. The Morgan fingerprint density at radius 2 is 1.73 bits per heavy atom. The summed E-state index contributed by atoms with van der Waals surface area (Å²) in [5.41, 5.74) is 3.11. The molecule has 0 heterocycles. The zero-order chi connectivity index (χ0) is 19.1. The lowest BCUT2D eigenvalue weighted by molar-refractivity contribution is -0.145. The van der Waals surface area contributed by atoms with E-state index in [2.05, 4.69) is 13.2 Å². The summed E-state index contributed by atoms with van der Waals surface area (Å²) in [7, 11) is 0. The molecule has 0 aromatic heterocycles. The molecule has 2 aromatic carbocycles. The minimum absolute atomic E-state index is 0.173. The van der Waals surface area contributed by atoms with Crippen LogP contribution in [0.25, 0.3) is 11.1 Å². The first kappa shape index (κ1) is 19.0. The summed E-state index contributed by atoms with van der Waals surface area (Å²) in [4.78, 5) is 22.6. The molecule has 26 heavy (non-hydrogen) atoms. The minimum Gasteiger partial charge on any atom is -0.457 e. The summed E-state index contributed by atoms with van der Waals surface area (Å²) in [6.45, 7) is 10.1. The molecule has 5 heteroatoms. The predicted molar refractivity (Wildman–Crippen MR) is 98.8 cm³/mol. The number of hydrogen-bond acceptors (Lipinski definition) is 5. The van der Waals surface area contributed by atoms with E-state index in [1.807, 2.05) is 31.2 Å². The third kappa shape index (κ3) is 5.08. The first-order chi connectivity index (χ1) is 12.4. The molecule has 5 nitrogen and oxygen atoms in total. The highest BCUT2D eigenvalue weighted by Gasteiger charge is 2.07. The lowest BCUT2D eigenvalue weighted by atomic mass is 10.0. The molecule has 2 aromatic rings. The van der Waals surface area contributed by atoms with Crippen LogP contribution < -0.4 is 9.47 Å². The third-order valence-corrected chi connectivity index (χ3v) is 3.50. The Hall–Kier alpha value is -3.34. The minimum atomic E-state index is -0.491. The molecular formula is C21H20O5. The van der Waals surface area contributed by atoms with E-state index in [-0.39, 0.29) is 6.79 Å². The Kier molecular flexibility index (Phi) is 6.33. The summed E-state index contributed by atoms with van der Waals surface area (Å²) >= 11 is 0. The molecule has 0 saturated carbocycles. The van der Waals surface area contributed by atoms with E-state index < -0.39 is 11.9 Å². The molecule has 0 radical (unpaired) electrons. The van der Waals surface area contributed by atoms with Crippen LogP contribution in [0.3, 0.4) is 0 Å². The average Bonchev–Trinajstić information content (AvgIpc) is 2.63. The van der Waals surface area contributed by atoms with Crippen molar-refractivity contribution in [3.05, 3.63) is 72.8 Å². The van der Waals surface area contributed by atoms with Crippen LogP contribution in [0.2, 0.25) is 0 Å². The first-order valence-electron chi connectivity index (χ1n) is 7.91. The maximum absolute atomic E-state index is 11.3. The summed E-state index contributed by atoms with van der Waals surface area (Å²) in [5.74, 6) is 0.0958. The standard InChI is InChI=1S/C21H20O5/c1-5-20(22)26-19-11-8-17(12-15(19)4)16-6-9-18(10-7-16)24-13-25-21(23)14(2)3/h5-12H,1-2,13H2,3-4H3. The molecular weight excluding hydrogens is 332 g/mol. The van der Waals surface area contributed by atoms with Gasteiger partial charge in [-0.3, -0.25) is 0 Å². The van der Waals surface area contributed by atoms with Gasteiger partial charge in [-0.05, 0) is 54.8 Å². The molecule has 0 spiro atoms. The second-order valence-electron chi connectivity index (χ2n) is 5.60. The number of esters is 2. The summed E-state index contributed by atoms with van der Waals surface area (Å²) in [6.07, 6.45) is 1.12. The maximum Gasteiger partial charge on any atom is 0.335 e. The zero-order valence-electron chi connectivity index (χ0n) is 14.8. The summed E-state index contributed by atoms with van der Waals surface area (Å²) in [6, 6.07) is 12.9. The van der Waals surface area contributed by atoms with Gasteiger partial charge in [0.25, 0.3) is 0 Å². The van der Waals surface area contributed by atoms with Crippen molar-refractivity contribution in [1.82, 2.24) is 0 Å². The van der Waals surface area contributed by atoms with Gasteiger partial charge in [0.05, 0.1) is 0 Å². The Balaban J connectivity index is 2.02. The molecule has 0 amide bonds. The molecule has 0 fully saturated rings. The number of aryl methyl sites for hydroxylation is 1. The Bertz CT molecular complexity index is 834. The quantitative estimate of drug-likeness (QED) is 0.323. The largest absolute Gasteiger partial charge is 0.457 e. The molecule has 2 rings (SSSR count). The molecule has 0 aliphatic heterocycles. The smallest absolute Gasteiger partial charge is 0.335 e. The molecule has 0 saturated heterocycles. The number of ether oxygens (including phenoxy) is 3. The van der Waals surface area contributed by atoms with Crippen LogP contribution in [0.1, 0.15) is 12.5 Å². The number of benzene rings is 2. The van der Waals surface area contributed by atoms with Crippen LogP contribution in [0.15, 0.2) is 67.3 Å². The first-order valence-corrected chi connectivity index (χ1v) is 7.91. The van der Waals surface area contributed by atoms with E-state index in [0.29, 0.717) is 17.1 Å². The number of hydrogen-bond donors (Lipinski definition) is 0. The molecule has 0 unspecified atom stereocenters. The van der Waals surface area contributed by atoms with Gasteiger partial charge in [-0.2, -0.15) is 0 Å². The number of rotatable bonds is 7. The van der Waals surface area contributed by atoms with Crippen LogP contribution in [0.5, 0.6) is 11.5 Å². The van der Waals surface area contributed by atoms with Crippen molar-refractivity contribution in [2.45, 2.75) is 13.8 Å². The Labute approximate surface area is 152 Å². The molecule has 0 aliphatic rings. The van der Waals surface area contributed by atoms with Gasteiger partial charge in [0, 0.05) is 11.6 Å². The van der Waals surface area contributed by atoms with E-state index in [9.17, 15) is 9.59 Å². The third-order valence-electron chi connectivity index (χ3n) is 3.50. The fourth-order valence-corrected chi connectivity index (χ4v) is 2.11. The van der Waals surface area contributed by atoms with Crippen LogP contribution in [0, 0.1) is 6.92 Å². The number of carbonyl (C=O) groups is 2.